The largest absolute Gasteiger partial charge is 0.310 e. The lowest BCUT2D eigenvalue weighted by Crippen LogP contribution is -2.60. The van der Waals surface area contributed by atoms with E-state index in [-0.39, 0.29) is 17.5 Å². The van der Waals surface area contributed by atoms with Gasteiger partial charge in [0.1, 0.15) is 0 Å². The summed E-state index contributed by atoms with van der Waals surface area (Å²) in [6, 6.07) is 64.3. The summed E-state index contributed by atoms with van der Waals surface area (Å²) in [6.07, 6.45) is 0. The summed E-state index contributed by atoms with van der Waals surface area (Å²) < 4.78 is 5.47. The molecule has 9 aromatic carbocycles. The molecule has 0 unspecified atom stereocenters. The Morgan fingerprint density at radius 3 is 1.68 bits per heavy atom. The van der Waals surface area contributed by atoms with Crippen LogP contribution >= 0.6 is 0 Å². The van der Waals surface area contributed by atoms with Crippen LogP contribution in [0.3, 0.4) is 0 Å². The molecule has 324 valence electrons. The Morgan fingerprint density at radius 1 is 0.456 bits per heavy atom. The van der Waals surface area contributed by atoms with Crippen LogP contribution in [0.2, 0.25) is 0 Å². The third kappa shape index (κ3) is 4.48. The van der Waals surface area contributed by atoms with E-state index in [1.165, 1.54) is 149 Å². The van der Waals surface area contributed by atoms with Gasteiger partial charge >= 0.3 is 0 Å². The van der Waals surface area contributed by atoms with Crippen molar-refractivity contribution in [3.8, 4) is 44.9 Å². The average molecular weight is 871 g/mol. The first-order chi connectivity index (χ1) is 32.9. The van der Waals surface area contributed by atoms with E-state index in [0.29, 0.717) is 0 Å². The van der Waals surface area contributed by atoms with E-state index in [1.807, 2.05) is 0 Å². The van der Waals surface area contributed by atoms with E-state index in [0.717, 1.165) is 0 Å². The lowest BCUT2D eigenvalue weighted by molar-refractivity contribution is 0.590. The van der Waals surface area contributed by atoms with Gasteiger partial charge in [-0.3, -0.25) is 0 Å². The molecule has 0 atom stereocenters. The average Bonchev–Trinajstić information content (AvgIpc) is 3.99. The number of fused-ring (bicyclic) bond motifs is 13. The van der Waals surface area contributed by atoms with Gasteiger partial charge in [0.05, 0.1) is 22.1 Å². The van der Waals surface area contributed by atoms with Crippen molar-refractivity contribution in [1.82, 2.24) is 9.13 Å². The molecule has 0 saturated heterocycles. The second-order valence-electron chi connectivity index (χ2n) is 22.5. The Balaban J connectivity index is 1.18. The van der Waals surface area contributed by atoms with Crippen molar-refractivity contribution in [1.29, 1.82) is 0 Å². The van der Waals surface area contributed by atoms with Gasteiger partial charge in [-0.2, -0.15) is 0 Å². The van der Waals surface area contributed by atoms with Crippen molar-refractivity contribution in [3.63, 3.8) is 0 Å². The third-order valence-corrected chi connectivity index (χ3v) is 16.9. The number of rotatable bonds is 2. The molecule has 1 spiro atoms. The minimum Gasteiger partial charge on any atom is -0.310 e. The first-order valence-corrected chi connectivity index (χ1v) is 24.6. The summed E-state index contributed by atoms with van der Waals surface area (Å²) in [5, 5.41) is 6.70. The lowest BCUT2D eigenvalue weighted by atomic mass is 9.33. The quantitative estimate of drug-likeness (QED) is 0.153. The highest BCUT2D eigenvalue weighted by atomic mass is 15.1. The van der Waals surface area contributed by atoms with Crippen LogP contribution in [0.25, 0.3) is 88.4 Å². The zero-order valence-corrected chi connectivity index (χ0v) is 40.1. The molecule has 68 heavy (non-hydrogen) atoms. The fourth-order valence-electron chi connectivity index (χ4n) is 13.9. The molecule has 3 heteroatoms. The first kappa shape index (κ1) is 38.7. The predicted octanol–water partition coefficient (Wildman–Crippen LogP) is 14.2. The van der Waals surface area contributed by atoms with Crippen LogP contribution in [0.1, 0.15) is 86.1 Å². The normalized spacial score (nSPS) is 14.6. The molecule has 0 N–H and O–H groups in total. The summed E-state index contributed by atoms with van der Waals surface area (Å²) in [5.74, 6) is 0. The maximum Gasteiger partial charge on any atom is 0.252 e. The summed E-state index contributed by atoms with van der Waals surface area (Å²) in [6.45, 7) is 18.6. The van der Waals surface area contributed by atoms with E-state index in [2.05, 4.69) is 228 Å². The van der Waals surface area contributed by atoms with E-state index in [4.69, 9.17) is 0 Å². The number of hydrogen-bond acceptors (Lipinski definition) is 0. The van der Waals surface area contributed by atoms with Crippen LogP contribution in [0, 0.1) is 13.8 Å². The van der Waals surface area contributed by atoms with Gasteiger partial charge in [-0.1, -0.05) is 199 Å². The summed E-state index contributed by atoms with van der Waals surface area (Å²) in [5.41, 5.74) is 29.0. The molecule has 1 aliphatic carbocycles. The zero-order chi connectivity index (χ0) is 45.9. The van der Waals surface area contributed by atoms with Gasteiger partial charge in [0.2, 0.25) is 0 Å². The van der Waals surface area contributed by atoms with Crippen molar-refractivity contribution in [2.45, 2.75) is 71.6 Å². The second kappa shape index (κ2) is 12.6. The van der Waals surface area contributed by atoms with Crippen molar-refractivity contribution < 1.29 is 0 Å². The van der Waals surface area contributed by atoms with Crippen molar-refractivity contribution in [2.75, 3.05) is 0 Å². The summed E-state index contributed by atoms with van der Waals surface area (Å²) >= 11 is 0. The molecular formula is C65H51BN2. The molecular weight excluding hydrogens is 820 g/mol. The zero-order valence-electron chi connectivity index (χ0n) is 40.1. The van der Waals surface area contributed by atoms with Crippen molar-refractivity contribution in [2.24, 2.45) is 0 Å². The van der Waals surface area contributed by atoms with Crippen molar-refractivity contribution in [3.05, 3.63) is 208 Å². The van der Waals surface area contributed by atoms with Gasteiger partial charge in [0.15, 0.2) is 0 Å². The molecule has 0 bridgehead atoms. The van der Waals surface area contributed by atoms with E-state index in [1.54, 1.807) is 0 Å². The number of hydrogen-bond donors (Lipinski definition) is 0. The molecule has 15 rings (SSSR count). The Labute approximate surface area is 398 Å². The standard InChI is InChI=1S/C65H51BN2/c1-36-21-31-48-59-53(36)54-37(2)22-33-50-61(54)68(59)60-49(65(48)46-19-13-11-17-44(46)45-18-12-14-20-47(45)65)32-34-52-57(60)66(50)51-35-40-15-9-10-16-43(40)56-55(38-23-27-41(28-24-38)63(3,4)5)58(67(52)62(51)56)39-25-29-42(30-26-39)64(6,7)8/h9-35H,1-8H3. The summed E-state index contributed by atoms with van der Waals surface area (Å²) in [4.78, 5) is 0. The monoisotopic (exact) mass is 870 g/mol. The maximum absolute atomic E-state index is 2.76. The molecule has 11 aromatic rings. The van der Waals surface area contributed by atoms with Crippen LogP contribution in [0.5, 0.6) is 0 Å². The highest BCUT2D eigenvalue weighted by Gasteiger charge is 2.54. The predicted molar refractivity (Wildman–Crippen MR) is 288 cm³/mol. The Kier molecular flexibility index (Phi) is 7.17. The van der Waals surface area contributed by atoms with Crippen LogP contribution in [0.15, 0.2) is 164 Å². The fraction of sp³-hybridized carbons (Fsp3) is 0.169. The Bertz CT molecular complexity index is 4060. The number of nitrogens with zero attached hydrogens (tertiary/aromatic N) is 2. The molecule has 0 saturated carbocycles. The summed E-state index contributed by atoms with van der Waals surface area (Å²) in [7, 11) is 0. The number of benzene rings is 9. The van der Waals surface area contributed by atoms with Crippen molar-refractivity contribution >= 4 is 66.6 Å². The highest BCUT2D eigenvalue weighted by Crippen LogP contribution is 2.62. The number of aryl methyl sites for hydroxylation is 2. The van der Waals surface area contributed by atoms with Gasteiger partial charge in [0.25, 0.3) is 6.71 Å². The molecule has 0 amide bonds. The van der Waals surface area contributed by atoms with E-state index >= 15 is 0 Å². The molecule has 4 aliphatic rings. The van der Waals surface area contributed by atoms with Gasteiger partial charge in [-0.25, -0.2) is 0 Å². The molecule has 0 radical (unpaired) electrons. The molecule has 5 heterocycles. The molecule has 2 aromatic heterocycles. The Morgan fingerprint density at radius 2 is 1.01 bits per heavy atom. The fourth-order valence-corrected chi connectivity index (χ4v) is 13.9. The van der Waals surface area contributed by atoms with Gasteiger partial charge in [-0.05, 0) is 125 Å². The van der Waals surface area contributed by atoms with Crippen LogP contribution in [-0.2, 0) is 16.2 Å². The SMILES string of the molecule is Cc1ccc2c3c1c1c(C)ccc4c1n3-c1c(ccc3c1B2c1cc2ccccc2c2c(-c5ccc(C(C)(C)C)cc5)c(-c5ccc(C(C)(C)C)cc5)n-3c12)C41c2ccccc2-c2ccccc21. The van der Waals surface area contributed by atoms with Crippen LogP contribution < -0.4 is 16.4 Å². The van der Waals surface area contributed by atoms with Crippen LogP contribution in [0.4, 0.5) is 0 Å². The van der Waals surface area contributed by atoms with E-state index in [9.17, 15) is 0 Å². The molecule has 2 nitrogen and oxygen atoms in total. The third-order valence-electron chi connectivity index (χ3n) is 16.9. The maximum atomic E-state index is 2.76. The second-order valence-corrected chi connectivity index (χ2v) is 22.5. The van der Waals surface area contributed by atoms with Gasteiger partial charge < -0.3 is 9.13 Å². The highest BCUT2D eigenvalue weighted by molar-refractivity contribution is 7.00. The minimum absolute atomic E-state index is 0.00685. The van der Waals surface area contributed by atoms with Gasteiger partial charge in [-0.15, -0.1) is 0 Å². The minimum atomic E-state index is -0.509. The molecule has 3 aliphatic heterocycles. The smallest absolute Gasteiger partial charge is 0.252 e. The van der Waals surface area contributed by atoms with Gasteiger partial charge in [0, 0.05) is 38.6 Å². The first-order valence-electron chi connectivity index (χ1n) is 24.6. The number of aromatic nitrogens is 2. The van der Waals surface area contributed by atoms with Crippen LogP contribution in [-0.4, -0.2) is 15.8 Å². The lowest BCUT2D eigenvalue weighted by Gasteiger charge is -2.44. The molecule has 0 fully saturated rings. The van der Waals surface area contributed by atoms with E-state index < -0.39 is 5.41 Å². The topological polar surface area (TPSA) is 9.86 Å². The Hall–Kier alpha value is -7.36.